The summed E-state index contributed by atoms with van der Waals surface area (Å²) in [5.41, 5.74) is 1.45. The van der Waals surface area contributed by atoms with E-state index >= 15 is 0 Å². The van der Waals surface area contributed by atoms with Gasteiger partial charge in [-0.1, -0.05) is 0 Å². The van der Waals surface area contributed by atoms with E-state index in [-0.39, 0.29) is 24.1 Å². The van der Waals surface area contributed by atoms with Gasteiger partial charge < -0.3 is 14.2 Å². The number of hydrogen-bond acceptors (Lipinski definition) is 5. The Hall–Kier alpha value is -2.74. The molecule has 0 saturated carbocycles. The predicted octanol–water partition coefficient (Wildman–Crippen LogP) is 2.64. The molecule has 7 nitrogen and oxygen atoms in total. The van der Waals surface area contributed by atoms with Gasteiger partial charge in [-0.25, -0.2) is 0 Å². The third kappa shape index (κ3) is 5.41. The normalized spacial score (nSPS) is 14.9. The lowest BCUT2D eigenvalue weighted by atomic mass is 10.1. The van der Waals surface area contributed by atoms with Crippen LogP contribution < -0.4 is 9.54 Å². The van der Waals surface area contributed by atoms with Crippen molar-refractivity contribution in [3.05, 3.63) is 45.7 Å². The van der Waals surface area contributed by atoms with Gasteiger partial charge in [0.05, 0.1) is 13.2 Å². The van der Waals surface area contributed by atoms with Gasteiger partial charge in [0.25, 0.3) is 5.91 Å². The van der Waals surface area contributed by atoms with Gasteiger partial charge in [-0.2, -0.15) is 4.99 Å². The highest BCUT2D eigenvalue weighted by molar-refractivity contribution is 7.07. The Morgan fingerprint density at radius 3 is 2.83 bits per heavy atom. The van der Waals surface area contributed by atoms with Crippen LogP contribution >= 0.6 is 11.3 Å². The zero-order valence-electron chi connectivity index (χ0n) is 16.7. The number of ether oxygens (including phenoxy) is 1. The maximum absolute atomic E-state index is 12.4. The van der Waals surface area contributed by atoms with E-state index in [0.717, 1.165) is 18.4 Å². The number of aromatic nitrogens is 1. The third-order valence-electron chi connectivity index (χ3n) is 4.74. The number of piperidine rings is 1. The Morgan fingerprint density at radius 2 is 2.10 bits per heavy atom. The van der Waals surface area contributed by atoms with Gasteiger partial charge >= 0.3 is 0 Å². The molecule has 0 unspecified atom stereocenters. The first kappa shape index (κ1) is 21.0. The Bertz CT molecular complexity index is 976. The van der Waals surface area contributed by atoms with Crippen LogP contribution in [-0.4, -0.2) is 46.8 Å². The molecule has 1 saturated heterocycles. The van der Waals surface area contributed by atoms with Crippen molar-refractivity contribution in [2.24, 2.45) is 4.99 Å². The second kappa shape index (κ2) is 9.65. The number of likely N-dealkylation sites (tertiary alicyclic amines) is 1. The summed E-state index contributed by atoms with van der Waals surface area (Å²) in [5, 5.41) is 1.85. The van der Waals surface area contributed by atoms with E-state index < -0.39 is 0 Å². The van der Waals surface area contributed by atoms with Crippen LogP contribution in [0, 0.1) is 0 Å². The van der Waals surface area contributed by atoms with Gasteiger partial charge in [0.1, 0.15) is 12.3 Å². The van der Waals surface area contributed by atoms with Crippen LogP contribution in [0.15, 0.2) is 34.8 Å². The molecule has 0 spiro atoms. The lowest BCUT2D eigenvalue weighted by Crippen LogP contribution is -2.39. The molecule has 0 bridgehead atoms. The number of amides is 2. The SMILES string of the molecule is CCOc1ccc(C(C)=O)cc1Cn1ccsc1=NC(=O)CN1CCCCC1=O. The van der Waals surface area contributed by atoms with Crippen LogP contribution in [-0.2, 0) is 16.1 Å². The zero-order valence-corrected chi connectivity index (χ0v) is 17.5. The van der Waals surface area contributed by atoms with E-state index in [0.29, 0.717) is 42.2 Å². The van der Waals surface area contributed by atoms with E-state index in [9.17, 15) is 14.4 Å². The molecule has 154 valence electrons. The summed E-state index contributed by atoms with van der Waals surface area (Å²) in [4.78, 5) is 42.4. The third-order valence-corrected chi connectivity index (χ3v) is 5.53. The van der Waals surface area contributed by atoms with Crippen LogP contribution in [0.2, 0.25) is 0 Å². The zero-order chi connectivity index (χ0) is 20.8. The van der Waals surface area contributed by atoms with Crippen LogP contribution in [0.5, 0.6) is 5.75 Å². The molecule has 8 heteroatoms. The number of ketones is 1. The average Bonchev–Trinajstić information content (AvgIpc) is 3.11. The molecule has 1 aromatic heterocycles. The molecule has 0 aliphatic carbocycles. The highest BCUT2D eigenvalue weighted by Gasteiger charge is 2.20. The predicted molar refractivity (Wildman–Crippen MR) is 110 cm³/mol. The number of rotatable bonds is 7. The molecule has 1 aliphatic heterocycles. The maximum atomic E-state index is 12.4. The monoisotopic (exact) mass is 415 g/mol. The van der Waals surface area contributed by atoms with Crippen molar-refractivity contribution in [1.82, 2.24) is 9.47 Å². The summed E-state index contributed by atoms with van der Waals surface area (Å²) in [6, 6.07) is 5.36. The quantitative estimate of drug-likeness (QED) is 0.651. The second-order valence-corrected chi connectivity index (χ2v) is 7.78. The second-order valence-electron chi connectivity index (χ2n) is 6.90. The van der Waals surface area contributed by atoms with Gasteiger partial charge in [0.15, 0.2) is 10.6 Å². The number of thiazole rings is 1. The molecule has 1 aliphatic rings. The van der Waals surface area contributed by atoms with Crippen molar-refractivity contribution >= 4 is 28.9 Å². The van der Waals surface area contributed by atoms with Crippen molar-refractivity contribution in [2.45, 2.75) is 39.7 Å². The van der Waals surface area contributed by atoms with Crippen LogP contribution in [0.3, 0.4) is 0 Å². The first-order valence-corrected chi connectivity index (χ1v) is 10.6. The van der Waals surface area contributed by atoms with Gasteiger partial charge in [0.2, 0.25) is 5.91 Å². The van der Waals surface area contributed by atoms with E-state index in [1.54, 1.807) is 17.0 Å². The Balaban J connectivity index is 1.82. The summed E-state index contributed by atoms with van der Waals surface area (Å²) >= 11 is 1.35. The summed E-state index contributed by atoms with van der Waals surface area (Å²) in [5.74, 6) is 0.364. The van der Waals surface area contributed by atoms with Gasteiger partial charge in [-0.3, -0.25) is 14.4 Å². The van der Waals surface area contributed by atoms with Crippen molar-refractivity contribution in [3.63, 3.8) is 0 Å². The van der Waals surface area contributed by atoms with Crippen molar-refractivity contribution < 1.29 is 19.1 Å². The average molecular weight is 416 g/mol. The van der Waals surface area contributed by atoms with Gasteiger partial charge in [-0.05, 0) is 44.9 Å². The number of Topliss-reactive ketones (excluding diaryl/α,β-unsaturated/α-hetero) is 1. The number of benzene rings is 1. The fraction of sp³-hybridized carbons (Fsp3) is 0.429. The minimum atomic E-state index is -0.334. The minimum absolute atomic E-state index is 0.0146. The summed E-state index contributed by atoms with van der Waals surface area (Å²) in [7, 11) is 0. The summed E-state index contributed by atoms with van der Waals surface area (Å²) in [6.07, 6.45) is 4.15. The first-order chi connectivity index (χ1) is 14.0. The number of carbonyl (C=O) groups excluding carboxylic acids is 3. The smallest absolute Gasteiger partial charge is 0.267 e. The molecule has 2 aromatic rings. The summed E-state index contributed by atoms with van der Waals surface area (Å²) in [6.45, 7) is 5.00. The largest absolute Gasteiger partial charge is 0.494 e. The van der Waals surface area contributed by atoms with Crippen molar-refractivity contribution in [3.8, 4) is 5.75 Å². The molecule has 1 aromatic carbocycles. The molecule has 29 heavy (non-hydrogen) atoms. The van der Waals surface area contributed by atoms with E-state index in [1.807, 2.05) is 29.1 Å². The van der Waals surface area contributed by atoms with Crippen LogP contribution in [0.1, 0.15) is 49.0 Å². The topological polar surface area (TPSA) is 81.0 Å². The molecule has 3 rings (SSSR count). The minimum Gasteiger partial charge on any atom is -0.494 e. The van der Waals surface area contributed by atoms with Crippen molar-refractivity contribution in [2.75, 3.05) is 19.7 Å². The van der Waals surface area contributed by atoms with Gasteiger partial charge in [-0.15, -0.1) is 11.3 Å². The Labute approximate surface area is 173 Å². The number of nitrogens with zero attached hydrogens (tertiary/aromatic N) is 3. The molecular formula is C21H25N3O4S. The highest BCUT2D eigenvalue weighted by Crippen LogP contribution is 2.22. The van der Waals surface area contributed by atoms with E-state index in [4.69, 9.17) is 4.74 Å². The Morgan fingerprint density at radius 1 is 1.28 bits per heavy atom. The molecule has 2 heterocycles. The molecule has 0 N–H and O–H groups in total. The van der Waals surface area contributed by atoms with Gasteiger partial charge in [0, 0.05) is 35.7 Å². The molecule has 0 radical (unpaired) electrons. The van der Waals surface area contributed by atoms with Crippen molar-refractivity contribution in [1.29, 1.82) is 0 Å². The molecule has 0 atom stereocenters. The summed E-state index contributed by atoms with van der Waals surface area (Å²) < 4.78 is 7.54. The number of carbonyl (C=O) groups is 3. The fourth-order valence-corrected chi connectivity index (χ4v) is 3.99. The maximum Gasteiger partial charge on any atom is 0.267 e. The van der Waals surface area contributed by atoms with E-state index in [1.165, 1.54) is 18.3 Å². The van der Waals surface area contributed by atoms with E-state index in [2.05, 4.69) is 4.99 Å². The highest BCUT2D eigenvalue weighted by atomic mass is 32.1. The van der Waals surface area contributed by atoms with Crippen LogP contribution in [0.25, 0.3) is 0 Å². The standard InChI is InChI=1S/C21H25N3O4S/c1-3-28-18-8-7-16(15(2)25)12-17(18)13-24-10-11-29-21(24)22-19(26)14-23-9-5-4-6-20(23)27/h7-8,10-12H,3-6,9,13-14H2,1-2H3. The first-order valence-electron chi connectivity index (χ1n) is 9.74. The Kier molecular flexibility index (Phi) is 6.98. The fourth-order valence-electron chi connectivity index (χ4n) is 3.24. The lowest BCUT2D eigenvalue weighted by Gasteiger charge is -2.24. The molecular weight excluding hydrogens is 390 g/mol. The number of hydrogen-bond donors (Lipinski definition) is 0. The molecule has 1 fully saturated rings. The lowest BCUT2D eigenvalue weighted by molar-refractivity contribution is -0.137. The van der Waals surface area contributed by atoms with Crippen LogP contribution in [0.4, 0.5) is 0 Å². The molecule has 2 amide bonds.